The van der Waals surface area contributed by atoms with Gasteiger partial charge in [0.25, 0.3) is 0 Å². The quantitative estimate of drug-likeness (QED) is 0.591. The molecule has 0 aliphatic carbocycles. The average molecular weight is 472 g/mol. The number of fused-ring (bicyclic) bond motifs is 1. The number of hydrogen-bond acceptors (Lipinski definition) is 7. The Labute approximate surface area is 197 Å². The van der Waals surface area contributed by atoms with E-state index in [0.29, 0.717) is 12.3 Å². The predicted molar refractivity (Wildman–Crippen MR) is 125 cm³/mol. The maximum atomic E-state index is 13.1. The molecule has 9 nitrogen and oxygen atoms in total. The molecule has 2 aliphatic heterocycles. The Balaban J connectivity index is 1.53. The molecule has 2 aromatic rings. The second-order valence-electron chi connectivity index (χ2n) is 8.54. The largest absolute Gasteiger partial charge is 0.467 e. The van der Waals surface area contributed by atoms with Gasteiger partial charge < -0.3 is 14.6 Å². The number of urea groups is 1. The van der Waals surface area contributed by atoms with Gasteiger partial charge in [0.1, 0.15) is 5.76 Å². The predicted octanol–water partition coefficient (Wildman–Crippen LogP) is 1.93. The number of thioether (sulfide) groups is 1. The summed E-state index contributed by atoms with van der Waals surface area (Å²) in [5.74, 6) is -0.126. The first-order valence-corrected chi connectivity index (χ1v) is 11.8. The standard InChI is InChI=1S/C23H29N5O4S/c1-13-8-14(2)10-15(9-13)19-25-20-18(22(30)28(4)23(31)27(20)3)21(26-19)33-12-17(29)24-11-16-6-5-7-32-16/h5-10,18-21,25-26H,11-12H2,1-4H3,(H,24,29). The lowest BCUT2D eigenvalue weighted by Crippen LogP contribution is -2.72. The fourth-order valence-corrected chi connectivity index (χ4v) is 5.52. The lowest BCUT2D eigenvalue weighted by Gasteiger charge is -2.50. The van der Waals surface area contributed by atoms with Crippen molar-refractivity contribution in [1.82, 2.24) is 25.8 Å². The van der Waals surface area contributed by atoms with Gasteiger partial charge in [-0.1, -0.05) is 29.3 Å². The Bertz CT molecular complexity index is 1020. The average Bonchev–Trinajstić information content (AvgIpc) is 3.31. The van der Waals surface area contributed by atoms with Crippen LogP contribution < -0.4 is 16.0 Å². The zero-order valence-corrected chi connectivity index (χ0v) is 19.9. The Hall–Kier alpha value is -2.82. The van der Waals surface area contributed by atoms with Crippen LogP contribution in [0.2, 0.25) is 0 Å². The number of hydrogen-bond donors (Lipinski definition) is 3. The van der Waals surface area contributed by atoms with E-state index in [-0.39, 0.29) is 35.1 Å². The number of amides is 4. The SMILES string of the molecule is Cc1cc(C)cc(C2NC(SCC(=O)NCc3ccco3)C3C(=O)N(C)C(=O)N(C)C3N2)c1. The molecule has 2 fully saturated rings. The van der Waals surface area contributed by atoms with Crippen LogP contribution >= 0.6 is 11.8 Å². The van der Waals surface area contributed by atoms with E-state index in [1.165, 1.54) is 18.8 Å². The highest BCUT2D eigenvalue weighted by Gasteiger charge is 2.51. The smallest absolute Gasteiger partial charge is 0.327 e. The van der Waals surface area contributed by atoms with Crippen LogP contribution in [0.25, 0.3) is 0 Å². The van der Waals surface area contributed by atoms with Crippen LogP contribution in [0.4, 0.5) is 4.79 Å². The number of benzene rings is 1. The molecule has 1 aromatic carbocycles. The molecule has 2 saturated heterocycles. The summed E-state index contributed by atoms with van der Waals surface area (Å²) in [6.07, 6.45) is 0.794. The summed E-state index contributed by atoms with van der Waals surface area (Å²) in [4.78, 5) is 40.9. The number of furan rings is 1. The summed E-state index contributed by atoms with van der Waals surface area (Å²) < 4.78 is 5.25. The summed E-state index contributed by atoms with van der Waals surface area (Å²) >= 11 is 1.36. The molecule has 3 N–H and O–H groups in total. The lowest BCUT2D eigenvalue weighted by molar-refractivity contribution is -0.140. The van der Waals surface area contributed by atoms with Crippen molar-refractivity contribution in [1.29, 1.82) is 0 Å². The molecular weight excluding hydrogens is 442 g/mol. The van der Waals surface area contributed by atoms with E-state index < -0.39 is 12.1 Å². The minimum Gasteiger partial charge on any atom is -0.467 e. The Morgan fingerprint density at radius 1 is 1.15 bits per heavy atom. The molecule has 0 spiro atoms. The third-order valence-corrected chi connectivity index (χ3v) is 7.18. The number of nitrogens with one attached hydrogen (secondary N) is 3. The summed E-state index contributed by atoms with van der Waals surface area (Å²) in [5.41, 5.74) is 3.27. The molecule has 0 radical (unpaired) electrons. The molecule has 3 heterocycles. The van der Waals surface area contributed by atoms with Gasteiger partial charge in [0, 0.05) is 14.1 Å². The Morgan fingerprint density at radius 3 is 2.55 bits per heavy atom. The van der Waals surface area contributed by atoms with Gasteiger partial charge in [0.2, 0.25) is 11.8 Å². The molecule has 2 aliphatic rings. The zero-order valence-electron chi connectivity index (χ0n) is 19.1. The molecular formula is C23H29N5O4S. The maximum absolute atomic E-state index is 13.1. The van der Waals surface area contributed by atoms with Gasteiger partial charge in [-0.2, -0.15) is 0 Å². The first kappa shape index (κ1) is 23.3. The van der Waals surface area contributed by atoms with E-state index in [0.717, 1.165) is 21.6 Å². The van der Waals surface area contributed by atoms with Crippen molar-refractivity contribution in [2.24, 2.45) is 5.92 Å². The topological polar surface area (TPSA) is 107 Å². The van der Waals surface area contributed by atoms with Crippen molar-refractivity contribution in [2.45, 2.75) is 38.1 Å². The van der Waals surface area contributed by atoms with Gasteiger partial charge in [-0.05, 0) is 31.5 Å². The monoisotopic (exact) mass is 471 g/mol. The fourth-order valence-electron chi connectivity index (χ4n) is 4.38. The molecule has 176 valence electrons. The van der Waals surface area contributed by atoms with E-state index in [1.807, 2.05) is 13.8 Å². The molecule has 1 aromatic heterocycles. The first-order chi connectivity index (χ1) is 15.7. The van der Waals surface area contributed by atoms with E-state index >= 15 is 0 Å². The van der Waals surface area contributed by atoms with Crippen LogP contribution in [-0.4, -0.2) is 59.0 Å². The van der Waals surface area contributed by atoms with Crippen molar-refractivity contribution in [3.05, 3.63) is 59.0 Å². The summed E-state index contributed by atoms with van der Waals surface area (Å²) in [6.45, 7) is 4.38. The number of carbonyl (C=O) groups excluding carboxylic acids is 3. The van der Waals surface area contributed by atoms with Gasteiger partial charge in [-0.15, -0.1) is 11.8 Å². The third-order valence-electron chi connectivity index (χ3n) is 5.97. The van der Waals surface area contributed by atoms with E-state index in [9.17, 15) is 14.4 Å². The number of nitrogens with zero attached hydrogens (tertiary/aromatic N) is 2. The minimum atomic E-state index is -0.539. The van der Waals surface area contributed by atoms with Gasteiger partial charge in [-0.3, -0.25) is 25.1 Å². The van der Waals surface area contributed by atoms with Crippen LogP contribution in [0.5, 0.6) is 0 Å². The van der Waals surface area contributed by atoms with E-state index in [4.69, 9.17) is 4.42 Å². The van der Waals surface area contributed by atoms with Crippen molar-refractivity contribution in [2.75, 3.05) is 19.8 Å². The van der Waals surface area contributed by atoms with Crippen LogP contribution in [0.3, 0.4) is 0 Å². The van der Waals surface area contributed by atoms with Gasteiger partial charge in [0.05, 0.1) is 42.2 Å². The number of rotatable bonds is 6. The molecule has 0 saturated carbocycles. The minimum absolute atomic E-state index is 0.155. The highest BCUT2D eigenvalue weighted by atomic mass is 32.2. The van der Waals surface area contributed by atoms with Crippen molar-refractivity contribution in [3.8, 4) is 0 Å². The highest BCUT2D eigenvalue weighted by molar-refractivity contribution is 8.00. The van der Waals surface area contributed by atoms with Gasteiger partial charge >= 0.3 is 6.03 Å². The lowest BCUT2D eigenvalue weighted by atomic mass is 9.95. The summed E-state index contributed by atoms with van der Waals surface area (Å²) in [5, 5.41) is 9.40. The number of imide groups is 1. The maximum Gasteiger partial charge on any atom is 0.327 e. The summed E-state index contributed by atoms with van der Waals surface area (Å²) in [7, 11) is 3.18. The Morgan fingerprint density at radius 2 is 1.88 bits per heavy atom. The summed E-state index contributed by atoms with van der Waals surface area (Å²) in [6, 6.07) is 9.47. The molecule has 4 rings (SSSR count). The highest BCUT2D eigenvalue weighted by Crippen LogP contribution is 2.34. The normalized spacial score (nSPS) is 25.2. The molecule has 33 heavy (non-hydrogen) atoms. The molecule has 4 amide bonds. The first-order valence-electron chi connectivity index (χ1n) is 10.8. The van der Waals surface area contributed by atoms with Crippen LogP contribution in [0.15, 0.2) is 41.0 Å². The molecule has 10 heteroatoms. The second kappa shape index (κ2) is 9.58. The van der Waals surface area contributed by atoms with Crippen LogP contribution in [-0.2, 0) is 16.1 Å². The number of carbonyl (C=O) groups is 3. The molecule has 0 bridgehead atoms. The zero-order chi connectivity index (χ0) is 23.7. The van der Waals surface area contributed by atoms with Crippen molar-refractivity contribution >= 4 is 29.6 Å². The van der Waals surface area contributed by atoms with Gasteiger partial charge in [-0.25, -0.2) is 4.79 Å². The molecule has 4 atom stereocenters. The third kappa shape index (κ3) is 4.92. The molecule has 4 unspecified atom stereocenters. The second-order valence-corrected chi connectivity index (χ2v) is 9.67. The fraction of sp³-hybridized carbons (Fsp3) is 0.435. The van der Waals surface area contributed by atoms with Crippen LogP contribution in [0, 0.1) is 19.8 Å². The van der Waals surface area contributed by atoms with E-state index in [1.54, 1.807) is 30.3 Å². The van der Waals surface area contributed by atoms with E-state index in [2.05, 4.69) is 34.1 Å². The van der Waals surface area contributed by atoms with Crippen molar-refractivity contribution < 1.29 is 18.8 Å². The Kier molecular flexibility index (Phi) is 6.78. The number of aryl methyl sites for hydroxylation is 2. The van der Waals surface area contributed by atoms with Gasteiger partial charge in [0.15, 0.2) is 0 Å². The van der Waals surface area contributed by atoms with Crippen LogP contribution in [0.1, 0.15) is 28.6 Å². The van der Waals surface area contributed by atoms with Crippen molar-refractivity contribution in [3.63, 3.8) is 0 Å².